The molecule has 0 unspecified atom stereocenters. The molecule has 1 fully saturated rings. The van der Waals surface area contributed by atoms with Gasteiger partial charge in [0.2, 0.25) is 0 Å². The maximum atomic E-state index is 13.1. The molecule has 27 heavy (non-hydrogen) atoms. The summed E-state index contributed by atoms with van der Waals surface area (Å²) >= 11 is 1.47. The Balaban J connectivity index is 1.39. The summed E-state index contributed by atoms with van der Waals surface area (Å²) in [6.45, 7) is 1.90. The summed E-state index contributed by atoms with van der Waals surface area (Å²) in [5.41, 5.74) is 7.43. The zero-order valence-corrected chi connectivity index (χ0v) is 15.6. The van der Waals surface area contributed by atoms with Crippen LogP contribution < -0.4 is 5.73 Å². The van der Waals surface area contributed by atoms with Gasteiger partial charge in [-0.1, -0.05) is 0 Å². The predicted molar refractivity (Wildman–Crippen MR) is 104 cm³/mol. The highest BCUT2D eigenvalue weighted by atomic mass is 32.1. The molecule has 0 bridgehead atoms. The Labute approximate surface area is 161 Å². The molecule has 0 atom stereocenters. The molecule has 4 rings (SSSR count). The number of hydrogen-bond donors (Lipinski definition) is 2. The summed E-state index contributed by atoms with van der Waals surface area (Å²) < 4.78 is 13.1. The van der Waals surface area contributed by atoms with E-state index in [1.54, 1.807) is 18.3 Å². The minimum atomic E-state index is -0.250. The molecule has 7 heteroatoms. The van der Waals surface area contributed by atoms with Crippen molar-refractivity contribution < 1.29 is 9.18 Å². The van der Waals surface area contributed by atoms with Crippen molar-refractivity contribution in [2.24, 2.45) is 5.73 Å². The molecule has 140 valence electrons. The quantitative estimate of drug-likeness (QED) is 0.719. The van der Waals surface area contributed by atoms with E-state index in [1.165, 1.54) is 23.5 Å². The molecule has 1 aliphatic rings. The van der Waals surface area contributed by atoms with Crippen molar-refractivity contribution in [1.29, 1.82) is 0 Å². The van der Waals surface area contributed by atoms with Crippen LogP contribution in [-0.4, -0.2) is 33.9 Å². The molecule has 1 aliphatic heterocycles. The van der Waals surface area contributed by atoms with Crippen LogP contribution in [0.2, 0.25) is 0 Å². The van der Waals surface area contributed by atoms with Crippen LogP contribution in [-0.2, 0) is 6.54 Å². The Morgan fingerprint density at radius 1 is 1.22 bits per heavy atom. The number of likely N-dealkylation sites (tertiary alicyclic amines) is 1. The fraction of sp³-hybridized carbons (Fsp3) is 0.300. The Hall–Kier alpha value is -2.51. The third-order valence-electron chi connectivity index (χ3n) is 4.99. The first-order valence-electron chi connectivity index (χ1n) is 9.03. The van der Waals surface area contributed by atoms with Crippen LogP contribution in [0, 0.1) is 5.82 Å². The van der Waals surface area contributed by atoms with Crippen molar-refractivity contribution in [2.75, 3.05) is 13.1 Å². The van der Waals surface area contributed by atoms with Gasteiger partial charge in [0.25, 0.3) is 5.91 Å². The number of aromatic nitrogens is 2. The standard InChI is InChI=1S/C20H21FN4OS/c21-15-3-1-13(2-4-15)17-12-23-19(24-17)14-7-9-25(10-8-14)20(26)18-6-5-16(11-22)27-18/h1-6,12,14H,7-11,22H2,(H,23,24). The minimum absolute atomic E-state index is 0.0876. The van der Waals surface area contributed by atoms with Crippen molar-refractivity contribution in [3.05, 3.63) is 64.0 Å². The highest BCUT2D eigenvalue weighted by Gasteiger charge is 2.26. The van der Waals surface area contributed by atoms with E-state index >= 15 is 0 Å². The number of imidazole rings is 1. The first-order chi connectivity index (χ1) is 13.1. The molecule has 3 N–H and O–H groups in total. The number of rotatable bonds is 4. The Kier molecular flexibility index (Phi) is 5.05. The van der Waals surface area contributed by atoms with E-state index in [9.17, 15) is 9.18 Å². The number of H-pyrrole nitrogens is 1. The highest BCUT2D eigenvalue weighted by Crippen LogP contribution is 2.29. The van der Waals surface area contributed by atoms with Gasteiger partial charge in [0.1, 0.15) is 11.6 Å². The SMILES string of the molecule is NCc1ccc(C(=O)N2CCC(c3ncc(-c4ccc(F)cc4)[nH]3)CC2)s1. The van der Waals surface area contributed by atoms with Crippen molar-refractivity contribution in [2.45, 2.75) is 25.3 Å². The molecule has 3 heterocycles. The van der Waals surface area contributed by atoms with Crippen LogP contribution in [0.1, 0.15) is 39.1 Å². The van der Waals surface area contributed by atoms with Gasteiger partial charge in [-0.05, 0) is 54.8 Å². The lowest BCUT2D eigenvalue weighted by Crippen LogP contribution is -2.37. The van der Waals surface area contributed by atoms with Crippen LogP contribution in [0.25, 0.3) is 11.3 Å². The maximum Gasteiger partial charge on any atom is 0.263 e. The Morgan fingerprint density at radius 2 is 1.96 bits per heavy atom. The minimum Gasteiger partial charge on any atom is -0.342 e. The van der Waals surface area contributed by atoms with Gasteiger partial charge in [-0.25, -0.2) is 9.37 Å². The number of amides is 1. The van der Waals surface area contributed by atoms with Crippen LogP contribution >= 0.6 is 11.3 Å². The van der Waals surface area contributed by atoms with Gasteiger partial charge in [0.05, 0.1) is 16.8 Å². The lowest BCUT2D eigenvalue weighted by atomic mass is 9.96. The van der Waals surface area contributed by atoms with E-state index in [-0.39, 0.29) is 11.7 Å². The van der Waals surface area contributed by atoms with Crippen molar-refractivity contribution in [3.8, 4) is 11.3 Å². The summed E-state index contributed by atoms with van der Waals surface area (Å²) in [5.74, 6) is 1.07. The molecule has 0 aliphatic carbocycles. The second-order valence-corrected chi connectivity index (χ2v) is 7.89. The fourth-order valence-corrected chi connectivity index (χ4v) is 4.29. The number of nitrogens with zero attached hydrogens (tertiary/aromatic N) is 2. The van der Waals surface area contributed by atoms with Gasteiger partial charge in [-0.2, -0.15) is 0 Å². The highest BCUT2D eigenvalue weighted by molar-refractivity contribution is 7.14. The van der Waals surface area contributed by atoms with Gasteiger partial charge in [-0.3, -0.25) is 4.79 Å². The van der Waals surface area contributed by atoms with Crippen LogP contribution in [0.15, 0.2) is 42.6 Å². The molecule has 1 amide bonds. The van der Waals surface area contributed by atoms with Gasteiger partial charge < -0.3 is 15.6 Å². The van der Waals surface area contributed by atoms with E-state index < -0.39 is 0 Å². The number of nitrogens with two attached hydrogens (primary N) is 1. The molecule has 5 nitrogen and oxygen atoms in total. The molecule has 3 aromatic rings. The number of halogens is 1. The van der Waals surface area contributed by atoms with E-state index in [0.29, 0.717) is 25.6 Å². The fourth-order valence-electron chi connectivity index (χ4n) is 3.43. The number of thiophene rings is 1. The van der Waals surface area contributed by atoms with Crippen LogP contribution in [0.3, 0.4) is 0 Å². The summed E-state index contributed by atoms with van der Waals surface area (Å²) in [7, 11) is 0. The Morgan fingerprint density at radius 3 is 2.63 bits per heavy atom. The molecule has 0 spiro atoms. The molecular weight excluding hydrogens is 363 g/mol. The molecular formula is C20H21FN4OS. The Bertz CT molecular complexity index is 926. The third kappa shape index (κ3) is 3.79. The average molecular weight is 384 g/mol. The van der Waals surface area contributed by atoms with E-state index in [4.69, 9.17) is 5.73 Å². The van der Waals surface area contributed by atoms with Gasteiger partial charge in [-0.15, -0.1) is 11.3 Å². The molecule has 0 saturated carbocycles. The number of carbonyl (C=O) groups excluding carboxylic acids is 1. The molecule has 1 aromatic carbocycles. The van der Waals surface area contributed by atoms with E-state index in [0.717, 1.165) is 39.7 Å². The van der Waals surface area contributed by atoms with Crippen molar-refractivity contribution in [1.82, 2.24) is 14.9 Å². The average Bonchev–Trinajstić information content (AvgIpc) is 3.38. The molecule has 2 aromatic heterocycles. The van der Waals surface area contributed by atoms with E-state index in [1.807, 2.05) is 17.0 Å². The van der Waals surface area contributed by atoms with Crippen LogP contribution in [0.5, 0.6) is 0 Å². The number of carbonyl (C=O) groups is 1. The largest absolute Gasteiger partial charge is 0.342 e. The third-order valence-corrected chi connectivity index (χ3v) is 6.09. The summed E-state index contributed by atoms with van der Waals surface area (Å²) in [6.07, 6.45) is 3.54. The first-order valence-corrected chi connectivity index (χ1v) is 9.84. The monoisotopic (exact) mass is 384 g/mol. The number of nitrogens with one attached hydrogen (secondary N) is 1. The number of benzene rings is 1. The summed E-state index contributed by atoms with van der Waals surface area (Å²) in [4.78, 5) is 24.2. The second-order valence-electron chi connectivity index (χ2n) is 6.73. The smallest absolute Gasteiger partial charge is 0.263 e. The normalized spacial score (nSPS) is 15.3. The van der Waals surface area contributed by atoms with E-state index in [2.05, 4.69) is 9.97 Å². The molecule has 0 radical (unpaired) electrons. The number of hydrogen-bond acceptors (Lipinski definition) is 4. The maximum absolute atomic E-state index is 13.1. The van der Waals surface area contributed by atoms with Crippen LogP contribution in [0.4, 0.5) is 4.39 Å². The zero-order chi connectivity index (χ0) is 18.8. The number of piperidine rings is 1. The lowest BCUT2D eigenvalue weighted by Gasteiger charge is -2.30. The first kappa shape index (κ1) is 17.9. The topological polar surface area (TPSA) is 75.0 Å². The summed E-state index contributed by atoms with van der Waals surface area (Å²) in [6, 6.07) is 10.2. The van der Waals surface area contributed by atoms with Gasteiger partial charge in [0, 0.05) is 30.4 Å². The second kappa shape index (κ2) is 7.62. The summed E-state index contributed by atoms with van der Waals surface area (Å²) in [5, 5.41) is 0. The van der Waals surface area contributed by atoms with Gasteiger partial charge >= 0.3 is 0 Å². The van der Waals surface area contributed by atoms with Gasteiger partial charge in [0.15, 0.2) is 0 Å². The predicted octanol–water partition coefficient (Wildman–Crippen LogP) is 3.76. The molecule has 1 saturated heterocycles. The lowest BCUT2D eigenvalue weighted by molar-refractivity contribution is 0.0716. The van der Waals surface area contributed by atoms with Crippen molar-refractivity contribution >= 4 is 17.2 Å². The number of aromatic amines is 1. The zero-order valence-electron chi connectivity index (χ0n) is 14.8. The van der Waals surface area contributed by atoms with Crippen molar-refractivity contribution in [3.63, 3.8) is 0 Å².